The van der Waals surface area contributed by atoms with Gasteiger partial charge in [0.05, 0.1) is 52.9 Å². The van der Waals surface area contributed by atoms with Crippen molar-refractivity contribution in [2.45, 2.75) is 222 Å². The van der Waals surface area contributed by atoms with Crippen molar-refractivity contribution in [3.8, 4) is 0 Å². The van der Waals surface area contributed by atoms with Gasteiger partial charge in [-0.15, -0.1) is 0 Å². The Morgan fingerprint density at radius 2 is 0.427 bits per heavy atom. The summed E-state index contributed by atoms with van der Waals surface area (Å²) in [4.78, 5) is 0. The first kappa shape index (κ1) is 84.8. The average molecular weight is 1490 g/mol. The molecule has 35 nitrogen and oxygen atoms in total. The third-order valence-corrected chi connectivity index (χ3v) is 20.1. The molecule has 14 bridgehead atoms. The Hall–Kier alpha value is -2.18. The van der Waals surface area contributed by atoms with E-state index >= 15 is 0 Å². The van der Waals surface area contributed by atoms with Gasteiger partial charge in [-0.3, -0.25) is 0 Å². The van der Waals surface area contributed by atoms with E-state index in [1.165, 1.54) is 135 Å². The van der Waals surface area contributed by atoms with E-state index in [-0.39, 0.29) is 52.9 Å². The van der Waals surface area contributed by atoms with Crippen LogP contribution in [0.1, 0.15) is 5.56 Å². The number of ether oxygens (including phenoxy) is 34. The van der Waals surface area contributed by atoms with Crippen molar-refractivity contribution in [1.82, 2.24) is 0 Å². The Kier molecular flexibility index (Phi) is 34.4. The normalized spacial score (nSPS) is 44.4. The van der Waals surface area contributed by atoms with E-state index in [1.54, 1.807) is 0 Å². The molecule has 35 atom stereocenters. The van der Waals surface area contributed by atoms with Gasteiger partial charge in [0, 0.05) is 135 Å². The zero-order valence-corrected chi connectivity index (χ0v) is 62.6. The summed E-state index contributed by atoms with van der Waals surface area (Å²) in [6.07, 6.45) is -38.5. The molecule has 103 heavy (non-hydrogen) atoms. The van der Waals surface area contributed by atoms with E-state index in [2.05, 4.69) is 0 Å². The molecule has 0 spiro atoms. The van der Waals surface area contributed by atoms with Gasteiger partial charge in [-0.05, 0) is 5.56 Å². The highest BCUT2D eigenvalue weighted by molar-refractivity contribution is 5.14. The van der Waals surface area contributed by atoms with Gasteiger partial charge in [-0.25, -0.2) is 0 Å². The summed E-state index contributed by atoms with van der Waals surface area (Å²) in [5.74, 6) is 0. The molecule has 21 aliphatic rings. The largest absolute Gasteiger partial charge is 0.385 e. The Labute approximate surface area is 603 Å². The first-order valence-corrected chi connectivity index (χ1v) is 34.4. The SMILES string of the molecule is COC[C@H]1O[C@@H]2O[C@H]3[C@H](OC)[C@@H](OC)[C@@H](O[C@H]4[C@H](OC)[C@@H](OC)[C@@H](O[C@H]5[C@H](OC)[C@@H](OC)[C@@H](O[C@H]6[C@H](OC)[C@@H](OC)[C@@H](O[C@H]7[C@H](OCc8ccccc8)[C@@H](OC)[C@@H](O[C@H]8[C@H](OC)[C@@H](O)[C@@H](O[C@H]1[C@H](OC)[C@H]2OC)O[C@@H]8COC)O[C@@H]7COC)O[C@@H]6COC)O[C@@H]5COC)O[C@@H]4COC)O[C@@H]3COC. The Balaban J connectivity index is 1.15. The van der Waals surface area contributed by atoms with Gasteiger partial charge in [0.25, 0.3) is 0 Å². The lowest BCUT2D eigenvalue weighted by Gasteiger charge is -2.52. The maximum atomic E-state index is 12.6. The lowest BCUT2D eigenvalue weighted by Crippen LogP contribution is -2.69. The second-order valence-electron chi connectivity index (χ2n) is 25.8. The van der Waals surface area contributed by atoms with E-state index in [0.717, 1.165) is 5.56 Å². The molecule has 1 N–H and O–H groups in total. The molecule has 0 saturated carbocycles. The second-order valence-corrected chi connectivity index (χ2v) is 25.8. The van der Waals surface area contributed by atoms with Crippen molar-refractivity contribution >= 4 is 0 Å². The van der Waals surface area contributed by atoms with Crippen LogP contribution in [0.4, 0.5) is 0 Å². The van der Waals surface area contributed by atoms with Gasteiger partial charge in [0.2, 0.25) is 0 Å². The number of benzene rings is 1. The molecule has 1 aromatic carbocycles. The molecule has 22 rings (SSSR count). The minimum Gasteiger partial charge on any atom is -0.385 e. The Bertz CT molecular complexity index is 2510. The molecule has 0 aliphatic carbocycles. The molecule has 0 aromatic heterocycles. The van der Waals surface area contributed by atoms with Crippen molar-refractivity contribution in [1.29, 1.82) is 0 Å². The molecule has 21 saturated heterocycles. The van der Waals surface area contributed by atoms with Gasteiger partial charge in [0.1, 0.15) is 171 Å². The van der Waals surface area contributed by atoms with Crippen LogP contribution in [-0.2, 0) is 168 Å². The van der Waals surface area contributed by atoms with E-state index in [0.29, 0.717) is 0 Å². The van der Waals surface area contributed by atoms with Crippen molar-refractivity contribution in [2.75, 3.05) is 181 Å². The molecule has 0 amide bonds. The lowest BCUT2D eigenvalue weighted by atomic mass is 9.94. The molecule has 596 valence electrons. The van der Waals surface area contributed by atoms with Gasteiger partial charge >= 0.3 is 0 Å². The Morgan fingerprint density at radius 3 is 0.650 bits per heavy atom. The zero-order chi connectivity index (χ0) is 74.0. The van der Waals surface area contributed by atoms with E-state index in [9.17, 15) is 5.11 Å². The number of aliphatic hydroxyl groups excluding tert-OH is 1. The molecule has 1 aromatic rings. The van der Waals surface area contributed by atoms with E-state index < -0.39 is 215 Å². The van der Waals surface area contributed by atoms with E-state index in [1.807, 2.05) is 30.3 Å². The summed E-state index contributed by atoms with van der Waals surface area (Å²) >= 11 is 0. The summed E-state index contributed by atoms with van der Waals surface area (Å²) in [5.41, 5.74) is 0.825. The quantitative estimate of drug-likeness (QED) is 0.105. The van der Waals surface area contributed by atoms with Gasteiger partial charge in [-0.1, -0.05) is 30.3 Å². The van der Waals surface area contributed by atoms with E-state index in [4.69, 9.17) is 161 Å². The van der Waals surface area contributed by atoms with Crippen LogP contribution in [0.5, 0.6) is 0 Å². The first-order valence-electron chi connectivity index (χ1n) is 34.4. The third kappa shape index (κ3) is 19.1. The molecule has 0 unspecified atom stereocenters. The summed E-state index contributed by atoms with van der Waals surface area (Å²) in [5, 5.41) is 12.6. The second kappa shape index (κ2) is 41.7. The molecular formula is C68H114O35. The zero-order valence-electron chi connectivity index (χ0n) is 62.6. The fraction of sp³-hybridized carbons (Fsp3) is 0.912. The van der Waals surface area contributed by atoms with Crippen LogP contribution < -0.4 is 0 Å². The number of methoxy groups -OCH3 is 19. The first-order chi connectivity index (χ1) is 50.2. The minimum absolute atomic E-state index is 0.0495. The van der Waals surface area contributed by atoms with Gasteiger partial charge in [-0.2, -0.15) is 0 Å². The summed E-state index contributed by atoms with van der Waals surface area (Å²) < 4.78 is 221. The van der Waals surface area contributed by atoms with Crippen molar-refractivity contribution in [2.24, 2.45) is 0 Å². The summed E-state index contributed by atoms with van der Waals surface area (Å²) in [7, 11) is 28.4. The highest BCUT2D eigenvalue weighted by atomic mass is 16.8. The predicted octanol–water partition coefficient (Wildman–Crippen LogP) is -0.578. The van der Waals surface area contributed by atoms with Crippen LogP contribution in [0.25, 0.3) is 0 Å². The van der Waals surface area contributed by atoms with Crippen LogP contribution in [0.15, 0.2) is 30.3 Å². The molecule has 0 radical (unpaired) electrons. The lowest BCUT2D eigenvalue weighted by molar-refractivity contribution is -0.403. The maximum absolute atomic E-state index is 12.6. The fourth-order valence-electron chi connectivity index (χ4n) is 15.3. The molecular weight excluding hydrogens is 1380 g/mol. The standard InChI is InChI=1S/C68H114O35/c1-70-26-34-42-49(77-8)41(69)62(90-34)97-43-35(27-71-2)91-63(56(83-14)50(43)78-9)99-44-36(28-72-3)92-64(57(84-15)51(44)79-10)100-45-37(29-73-4)93-65(58(85-16)52(45)80-11)101-46-38(30-74-5)94-66(59(86-17)53(46)81-12)102-47-39(31-75-6)95-67(60(87-18)54(47)82-13)103-48-40(32-76-7)96-68(98-42)61(88-19)55(48)89-25-33-23-21-20-22-24-33/h20-24,34-69H,25-32H2,1-19H3/t34-,35-,36-,37-,38-,39-,40-,41-,42-,43-,44-,45-,46-,47-,48-,49-,50+,51+,52+,53+,54+,55+,56-,57-,58-,59-,60-,61-,62-,63-,64-,65-,66-,67-,68-/m1/s1. The molecule has 21 fully saturated rings. The molecule has 21 heterocycles. The minimum atomic E-state index is -1.59. The highest BCUT2D eigenvalue weighted by Gasteiger charge is 2.62. The van der Waals surface area contributed by atoms with Crippen molar-refractivity contribution < 1.29 is 166 Å². The number of rotatable bonds is 29. The number of aliphatic hydroxyl groups is 1. The maximum Gasteiger partial charge on any atom is 0.187 e. The van der Waals surface area contributed by atoms with Crippen molar-refractivity contribution in [3.05, 3.63) is 35.9 Å². The number of hydrogen-bond donors (Lipinski definition) is 1. The van der Waals surface area contributed by atoms with Crippen LogP contribution in [0.2, 0.25) is 0 Å². The highest BCUT2D eigenvalue weighted by Crippen LogP contribution is 2.43. The van der Waals surface area contributed by atoms with Crippen LogP contribution in [0, 0.1) is 0 Å². The van der Waals surface area contributed by atoms with Gasteiger partial charge in [0.15, 0.2) is 44.0 Å². The monoisotopic (exact) mass is 1490 g/mol. The van der Waals surface area contributed by atoms with Gasteiger partial charge < -0.3 is 166 Å². The summed E-state index contributed by atoms with van der Waals surface area (Å²) in [6, 6.07) is 9.54. The van der Waals surface area contributed by atoms with Crippen LogP contribution in [0.3, 0.4) is 0 Å². The number of hydrogen-bond acceptors (Lipinski definition) is 35. The topological polar surface area (TPSA) is 334 Å². The summed E-state index contributed by atoms with van der Waals surface area (Å²) in [6.45, 7) is -0.440. The molecule has 21 aliphatic heterocycles. The smallest absolute Gasteiger partial charge is 0.187 e. The third-order valence-electron chi connectivity index (χ3n) is 20.1. The van der Waals surface area contributed by atoms with Crippen LogP contribution >= 0.6 is 0 Å². The predicted molar refractivity (Wildman–Crippen MR) is 348 cm³/mol. The molecule has 35 heteroatoms. The Morgan fingerprint density at radius 1 is 0.233 bits per heavy atom. The van der Waals surface area contributed by atoms with Crippen molar-refractivity contribution in [3.63, 3.8) is 0 Å². The average Bonchev–Trinajstić information content (AvgIpc) is 0.798. The van der Waals surface area contributed by atoms with Crippen LogP contribution in [-0.4, -0.2) is 401 Å². The fourth-order valence-corrected chi connectivity index (χ4v) is 15.3.